The smallest absolute Gasteiger partial charge is 0.165 e. The summed E-state index contributed by atoms with van der Waals surface area (Å²) in [6, 6.07) is 9.32. The summed E-state index contributed by atoms with van der Waals surface area (Å²) in [5.74, 6) is 0.0778. The minimum atomic E-state index is -0.279. The topological polar surface area (TPSA) is 9.23 Å². The minimum Gasteiger partial charge on any atom is -0.490 e. The molecule has 0 fully saturated rings. The number of ether oxygens (including phenoxy) is 1. The lowest BCUT2D eigenvalue weighted by atomic mass is 10.1. The SMILES string of the molecule is CCCCOc1cc2ccc(C)cc2cc1F. The molecule has 0 unspecified atom stereocenters. The van der Waals surface area contributed by atoms with Gasteiger partial charge in [-0.15, -0.1) is 0 Å². The Kier molecular flexibility index (Phi) is 3.62. The lowest BCUT2D eigenvalue weighted by Crippen LogP contribution is -1.98. The number of unbranched alkanes of at least 4 members (excludes halogenated alkanes) is 1. The third-order valence-electron chi connectivity index (χ3n) is 2.80. The van der Waals surface area contributed by atoms with Crippen LogP contribution in [0.3, 0.4) is 0 Å². The third kappa shape index (κ3) is 2.76. The van der Waals surface area contributed by atoms with Crippen molar-refractivity contribution in [3.05, 3.63) is 41.7 Å². The molecule has 2 aromatic rings. The standard InChI is InChI=1S/C15H17FO/c1-3-4-7-17-15-10-12-6-5-11(2)8-13(12)9-14(15)16/h5-6,8-10H,3-4,7H2,1-2H3. The van der Waals surface area contributed by atoms with E-state index in [9.17, 15) is 4.39 Å². The zero-order chi connectivity index (χ0) is 12.3. The van der Waals surface area contributed by atoms with Crippen LogP contribution in [0.5, 0.6) is 5.75 Å². The Bertz CT molecular complexity index is 520. The van der Waals surface area contributed by atoms with Crippen molar-refractivity contribution in [1.29, 1.82) is 0 Å². The maximum Gasteiger partial charge on any atom is 0.165 e. The molecule has 0 spiro atoms. The molecule has 17 heavy (non-hydrogen) atoms. The number of hydrogen-bond acceptors (Lipinski definition) is 1. The first-order chi connectivity index (χ1) is 8.20. The van der Waals surface area contributed by atoms with Crippen molar-refractivity contribution in [1.82, 2.24) is 0 Å². The van der Waals surface area contributed by atoms with Crippen molar-refractivity contribution in [2.75, 3.05) is 6.61 Å². The number of fused-ring (bicyclic) bond motifs is 1. The highest BCUT2D eigenvalue weighted by Gasteiger charge is 2.05. The zero-order valence-electron chi connectivity index (χ0n) is 10.3. The molecular formula is C15H17FO. The van der Waals surface area contributed by atoms with E-state index in [1.165, 1.54) is 0 Å². The van der Waals surface area contributed by atoms with E-state index in [1.54, 1.807) is 12.1 Å². The van der Waals surface area contributed by atoms with Crippen LogP contribution in [0.25, 0.3) is 10.8 Å². The van der Waals surface area contributed by atoms with Gasteiger partial charge in [-0.1, -0.05) is 37.1 Å². The predicted molar refractivity (Wildman–Crippen MR) is 69.0 cm³/mol. The lowest BCUT2D eigenvalue weighted by molar-refractivity contribution is 0.295. The van der Waals surface area contributed by atoms with Crippen LogP contribution in [0.1, 0.15) is 25.3 Å². The van der Waals surface area contributed by atoms with Crippen molar-refractivity contribution in [3.63, 3.8) is 0 Å². The van der Waals surface area contributed by atoms with Gasteiger partial charge in [-0.25, -0.2) is 4.39 Å². The largest absolute Gasteiger partial charge is 0.490 e. The Balaban J connectivity index is 2.31. The van der Waals surface area contributed by atoms with Gasteiger partial charge in [0.15, 0.2) is 11.6 Å². The van der Waals surface area contributed by atoms with Crippen LogP contribution >= 0.6 is 0 Å². The molecule has 2 aromatic carbocycles. The van der Waals surface area contributed by atoms with Gasteiger partial charge in [0.05, 0.1) is 6.61 Å². The molecule has 0 atom stereocenters. The molecule has 2 rings (SSSR count). The Morgan fingerprint density at radius 1 is 1.12 bits per heavy atom. The molecule has 0 saturated heterocycles. The van der Waals surface area contributed by atoms with Gasteiger partial charge >= 0.3 is 0 Å². The summed E-state index contributed by atoms with van der Waals surface area (Å²) in [7, 11) is 0. The summed E-state index contributed by atoms with van der Waals surface area (Å²) in [5, 5.41) is 1.94. The summed E-state index contributed by atoms with van der Waals surface area (Å²) in [6.07, 6.45) is 2.00. The molecule has 0 bridgehead atoms. The van der Waals surface area contributed by atoms with Crippen LogP contribution in [0.2, 0.25) is 0 Å². The number of hydrogen-bond donors (Lipinski definition) is 0. The average Bonchev–Trinajstić information content (AvgIpc) is 2.30. The molecule has 0 radical (unpaired) electrons. The molecule has 0 amide bonds. The molecular weight excluding hydrogens is 215 g/mol. The fourth-order valence-corrected chi connectivity index (χ4v) is 1.81. The van der Waals surface area contributed by atoms with Gasteiger partial charge in [0, 0.05) is 0 Å². The van der Waals surface area contributed by atoms with E-state index in [0.717, 1.165) is 29.2 Å². The highest BCUT2D eigenvalue weighted by atomic mass is 19.1. The summed E-state index contributed by atoms with van der Waals surface area (Å²) < 4.78 is 19.2. The first-order valence-electron chi connectivity index (χ1n) is 6.03. The molecule has 2 heteroatoms. The molecule has 0 aliphatic rings. The van der Waals surface area contributed by atoms with Crippen LogP contribution in [0.4, 0.5) is 4.39 Å². The highest BCUT2D eigenvalue weighted by molar-refractivity contribution is 5.84. The summed E-state index contributed by atoms with van der Waals surface area (Å²) in [5.41, 5.74) is 1.14. The second-order valence-electron chi connectivity index (χ2n) is 4.34. The monoisotopic (exact) mass is 232 g/mol. The van der Waals surface area contributed by atoms with E-state index in [-0.39, 0.29) is 5.82 Å². The summed E-state index contributed by atoms with van der Waals surface area (Å²) in [6.45, 7) is 4.66. The van der Waals surface area contributed by atoms with Gasteiger partial charge < -0.3 is 4.74 Å². The van der Waals surface area contributed by atoms with Gasteiger partial charge in [0.25, 0.3) is 0 Å². The van der Waals surface area contributed by atoms with Crippen LogP contribution in [0, 0.1) is 12.7 Å². The van der Waals surface area contributed by atoms with Gasteiger partial charge in [-0.05, 0) is 36.2 Å². The normalized spacial score (nSPS) is 10.8. The van der Waals surface area contributed by atoms with Gasteiger partial charge in [-0.2, -0.15) is 0 Å². The Hall–Kier alpha value is -1.57. The zero-order valence-corrected chi connectivity index (χ0v) is 10.3. The molecule has 0 saturated carbocycles. The molecule has 0 heterocycles. The number of benzene rings is 2. The number of rotatable bonds is 4. The Morgan fingerprint density at radius 2 is 1.94 bits per heavy atom. The quantitative estimate of drug-likeness (QED) is 0.707. The van der Waals surface area contributed by atoms with Gasteiger partial charge in [0.1, 0.15) is 0 Å². The number of halogens is 1. The molecule has 0 N–H and O–H groups in total. The Labute approximate surface area is 101 Å². The third-order valence-corrected chi connectivity index (χ3v) is 2.80. The van der Waals surface area contributed by atoms with E-state index in [2.05, 4.69) is 6.92 Å². The average molecular weight is 232 g/mol. The van der Waals surface area contributed by atoms with E-state index in [1.807, 2.05) is 25.1 Å². The molecule has 1 nitrogen and oxygen atoms in total. The van der Waals surface area contributed by atoms with Crippen LogP contribution in [-0.4, -0.2) is 6.61 Å². The summed E-state index contributed by atoms with van der Waals surface area (Å²) in [4.78, 5) is 0. The van der Waals surface area contributed by atoms with E-state index in [4.69, 9.17) is 4.74 Å². The van der Waals surface area contributed by atoms with Crippen molar-refractivity contribution >= 4 is 10.8 Å². The molecule has 0 aliphatic heterocycles. The maximum absolute atomic E-state index is 13.8. The second kappa shape index (κ2) is 5.17. The first kappa shape index (κ1) is 11.9. The van der Waals surface area contributed by atoms with Crippen LogP contribution in [-0.2, 0) is 0 Å². The molecule has 0 aromatic heterocycles. The number of aryl methyl sites for hydroxylation is 1. The van der Waals surface area contributed by atoms with Crippen LogP contribution in [0.15, 0.2) is 30.3 Å². The van der Waals surface area contributed by atoms with Gasteiger partial charge in [-0.3, -0.25) is 0 Å². The first-order valence-corrected chi connectivity index (χ1v) is 6.03. The second-order valence-corrected chi connectivity index (χ2v) is 4.34. The Morgan fingerprint density at radius 3 is 2.71 bits per heavy atom. The minimum absolute atomic E-state index is 0.279. The van der Waals surface area contributed by atoms with Crippen molar-refractivity contribution in [2.45, 2.75) is 26.7 Å². The fourth-order valence-electron chi connectivity index (χ4n) is 1.81. The summed E-state index contributed by atoms with van der Waals surface area (Å²) >= 11 is 0. The van der Waals surface area contributed by atoms with E-state index >= 15 is 0 Å². The van der Waals surface area contributed by atoms with E-state index < -0.39 is 0 Å². The lowest BCUT2D eigenvalue weighted by Gasteiger charge is -2.08. The molecule has 90 valence electrons. The van der Waals surface area contributed by atoms with Crippen LogP contribution < -0.4 is 4.74 Å². The van der Waals surface area contributed by atoms with E-state index in [0.29, 0.717) is 12.4 Å². The maximum atomic E-state index is 13.8. The fraction of sp³-hybridized carbons (Fsp3) is 0.333. The van der Waals surface area contributed by atoms with Gasteiger partial charge in [0.2, 0.25) is 0 Å². The molecule has 0 aliphatic carbocycles. The van der Waals surface area contributed by atoms with Crippen molar-refractivity contribution in [2.24, 2.45) is 0 Å². The van der Waals surface area contributed by atoms with Crippen molar-refractivity contribution in [3.8, 4) is 5.75 Å². The highest BCUT2D eigenvalue weighted by Crippen LogP contribution is 2.25. The predicted octanol–water partition coefficient (Wildman–Crippen LogP) is 4.47. The van der Waals surface area contributed by atoms with Crippen molar-refractivity contribution < 1.29 is 9.13 Å².